The molecule has 0 aliphatic carbocycles. The van der Waals surface area contributed by atoms with E-state index in [1.54, 1.807) is 6.07 Å². The van der Waals surface area contributed by atoms with E-state index < -0.39 is 35.8 Å². The van der Waals surface area contributed by atoms with Crippen LogP contribution in [0.25, 0.3) is 0 Å². The summed E-state index contributed by atoms with van der Waals surface area (Å²) >= 11 is 0. The van der Waals surface area contributed by atoms with Gasteiger partial charge in [0, 0.05) is 0 Å². The zero-order valence-electron chi connectivity index (χ0n) is 14.4. The molecule has 0 aliphatic rings. The van der Waals surface area contributed by atoms with Gasteiger partial charge in [0.15, 0.2) is 5.76 Å². The molecular weight excluding hydrogens is 330 g/mol. The summed E-state index contributed by atoms with van der Waals surface area (Å²) in [6, 6.07) is 1.09. The fourth-order valence-corrected chi connectivity index (χ4v) is 2.00. The van der Waals surface area contributed by atoms with Crippen LogP contribution in [0.3, 0.4) is 0 Å². The van der Waals surface area contributed by atoms with E-state index in [9.17, 15) is 19.2 Å². The first-order valence-electron chi connectivity index (χ1n) is 7.85. The second-order valence-corrected chi connectivity index (χ2v) is 5.98. The Labute approximate surface area is 145 Å². The quantitative estimate of drug-likeness (QED) is 0.498. The van der Waals surface area contributed by atoms with Crippen LogP contribution < -0.4 is 16.0 Å². The molecule has 138 valence electrons. The number of nitrogens with one attached hydrogen (secondary N) is 3. The van der Waals surface area contributed by atoms with Crippen molar-refractivity contribution in [3.05, 3.63) is 24.2 Å². The molecule has 2 atom stereocenters. The molecule has 0 spiro atoms. The number of carboxylic acid groups (broad SMARTS) is 1. The van der Waals surface area contributed by atoms with Gasteiger partial charge in [0.25, 0.3) is 5.91 Å². The van der Waals surface area contributed by atoms with E-state index in [0.717, 1.165) is 0 Å². The molecular formula is C16H23N3O6. The van der Waals surface area contributed by atoms with Crippen LogP contribution in [0.2, 0.25) is 0 Å². The number of carboxylic acids is 1. The Morgan fingerprint density at radius 3 is 2.36 bits per heavy atom. The van der Waals surface area contributed by atoms with Gasteiger partial charge in [-0.3, -0.25) is 14.4 Å². The zero-order valence-corrected chi connectivity index (χ0v) is 14.4. The predicted molar refractivity (Wildman–Crippen MR) is 87.7 cm³/mol. The summed E-state index contributed by atoms with van der Waals surface area (Å²) in [7, 11) is 0. The molecule has 1 rings (SSSR count). The minimum absolute atomic E-state index is 0.0652. The summed E-state index contributed by atoms with van der Waals surface area (Å²) in [5.74, 6) is -2.73. The lowest BCUT2D eigenvalue weighted by Crippen LogP contribution is -2.50. The van der Waals surface area contributed by atoms with E-state index in [1.165, 1.54) is 19.3 Å². The van der Waals surface area contributed by atoms with E-state index >= 15 is 0 Å². The Morgan fingerprint density at radius 1 is 1.16 bits per heavy atom. The highest BCUT2D eigenvalue weighted by molar-refractivity contribution is 5.96. The van der Waals surface area contributed by atoms with Crippen LogP contribution in [-0.4, -0.2) is 47.4 Å². The number of furan rings is 1. The molecule has 1 heterocycles. The lowest BCUT2D eigenvalue weighted by molar-refractivity contribution is -0.142. The van der Waals surface area contributed by atoms with Crippen molar-refractivity contribution >= 4 is 23.7 Å². The normalized spacial score (nSPS) is 13.0. The lowest BCUT2D eigenvalue weighted by atomic mass is 10.0. The molecule has 0 saturated heterocycles. The van der Waals surface area contributed by atoms with Gasteiger partial charge in [0.05, 0.1) is 12.8 Å². The molecule has 0 fully saturated rings. The third-order valence-electron chi connectivity index (χ3n) is 3.25. The van der Waals surface area contributed by atoms with Gasteiger partial charge in [-0.25, -0.2) is 4.79 Å². The summed E-state index contributed by atoms with van der Waals surface area (Å²) in [6.07, 6.45) is 1.62. The minimum Gasteiger partial charge on any atom is -0.480 e. The zero-order chi connectivity index (χ0) is 19.0. The molecule has 1 aromatic heterocycles. The monoisotopic (exact) mass is 353 g/mol. The largest absolute Gasteiger partial charge is 0.480 e. The molecule has 0 saturated carbocycles. The van der Waals surface area contributed by atoms with Gasteiger partial charge >= 0.3 is 5.97 Å². The van der Waals surface area contributed by atoms with E-state index in [1.807, 2.05) is 13.8 Å². The Kier molecular flexibility index (Phi) is 7.64. The van der Waals surface area contributed by atoms with Crippen molar-refractivity contribution in [2.45, 2.75) is 39.3 Å². The van der Waals surface area contributed by atoms with Gasteiger partial charge in [0.2, 0.25) is 11.8 Å². The van der Waals surface area contributed by atoms with Crippen molar-refractivity contribution in [1.82, 2.24) is 16.0 Å². The Bertz CT molecular complexity index is 611. The first-order valence-corrected chi connectivity index (χ1v) is 7.85. The number of hydrogen-bond acceptors (Lipinski definition) is 5. The van der Waals surface area contributed by atoms with E-state index in [4.69, 9.17) is 9.52 Å². The van der Waals surface area contributed by atoms with Gasteiger partial charge in [0.1, 0.15) is 12.1 Å². The molecule has 3 amide bonds. The standard InChI is InChI=1S/C16H23N3O6/c1-9(2)7-11(16(23)24)19-13(20)8-17-14(21)10(3)18-15(22)12-5-4-6-25-12/h4-6,9-11H,7-8H2,1-3H3,(H,17,21)(H,18,22)(H,19,20)(H,23,24)/t10?,11-/m0/s1. The van der Waals surface area contributed by atoms with Gasteiger partial charge in [-0.1, -0.05) is 13.8 Å². The highest BCUT2D eigenvalue weighted by Gasteiger charge is 2.22. The first-order chi connectivity index (χ1) is 11.7. The molecule has 1 unspecified atom stereocenters. The SMILES string of the molecule is CC(C)C[C@H](NC(=O)CNC(=O)C(C)NC(=O)c1ccco1)C(=O)O. The van der Waals surface area contributed by atoms with Crippen LogP contribution in [-0.2, 0) is 14.4 Å². The van der Waals surface area contributed by atoms with Crippen LogP contribution in [0.4, 0.5) is 0 Å². The highest BCUT2D eigenvalue weighted by Crippen LogP contribution is 2.04. The number of rotatable bonds is 9. The number of aliphatic carboxylic acids is 1. The third kappa shape index (κ3) is 7.06. The summed E-state index contributed by atoms with van der Waals surface area (Å²) in [4.78, 5) is 46.5. The van der Waals surface area contributed by atoms with Crippen LogP contribution >= 0.6 is 0 Å². The Balaban J connectivity index is 2.42. The molecule has 0 aromatic carbocycles. The molecule has 9 nitrogen and oxygen atoms in total. The minimum atomic E-state index is -1.13. The average molecular weight is 353 g/mol. The molecule has 0 aliphatic heterocycles. The third-order valence-corrected chi connectivity index (χ3v) is 3.25. The van der Waals surface area contributed by atoms with E-state index in [2.05, 4.69) is 16.0 Å². The van der Waals surface area contributed by atoms with Gasteiger partial charge in [-0.2, -0.15) is 0 Å². The van der Waals surface area contributed by atoms with Crippen LogP contribution in [0.15, 0.2) is 22.8 Å². The molecule has 1 aromatic rings. The van der Waals surface area contributed by atoms with Gasteiger partial charge < -0.3 is 25.5 Å². The number of carbonyl (C=O) groups is 4. The maximum absolute atomic E-state index is 11.9. The Hall–Kier alpha value is -2.84. The molecule has 0 radical (unpaired) electrons. The number of amides is 3. The van der Waals surface area contributed by atoms with Crippen molar-refractivity contribution < 1.29 is 28.7 Å². The summed E-state index contributed by atoms with van der Waals surface area (Å²) in [5, 5.41) is 16.2. The summed E-state index contributed by atoms with van der Waals surface area (Å²) in [6.45, 7) is 4.75. The summed E-state index contributed by atoms with van der Waals surface area (Å²) in [5.41, 5.74) is 0. The second kappa shape index (κ2) is 9.45. The lowest BCUT2D eigenvalue weighted by Gasteiger charge is -2.17. The van der Waals surface area contributed by atoms with Crippen molar-refractivity contribution in [3.63, 3.8) is 0 Å². The molecule has 9 heteroatoms. The van der Waals surface area contributed by atoms with Crippen molar-refractivity contribution in [2.75, 3.05) is 6.54 Å². The fraction of sp³-hybridized carbons (Fsp3) is 0.500. The number of carbonyl (C=O) groups excluding carboxylic acids is 3. The van der Waals surface area contributed by atoms with E-state index in [-0.39, 0.29) is 24.6 Å². The Morgan fingerprint density at radius 2 is 1.84 bits per heavy atom. The maximum atomic E-state index is 11.9. The second-order valence-electron chi connectivity index (χ2n) is 5.98. The van der Waals surface area contributed by atoms with Crippen molar-refractivity contribution in [1.29, 1.82) is 0 Å². The van der Waals surface area contributed by atoms with Gasteiger partial charge in [-0.05, 0) is 31.4 Å². The average Bonchev–Trinajstić information content (AvgIpc) is 3.05. The topological polar surface area (TPSA) is 138 Å². The van der Waals surface area contributed by atoms with Crippen LogP contribution in [0.1, 0.15) is 37.7 Å². The molecule has 25 heavy (non-hydrogen) atoms. The fourth-order valence-electron chi connectivity index (χ4n) is 2.00. The van der Waals surface area contributed by atoms with Gasteiger partial charge in [-0.15, -0.1) is 0 Å². The molecule has 0 bridgehead atoms. The van der Waals surface area contributed by atoms with Crippen LogP contribution in [0, 0.1) is 5.92 Å². The predicted octanol–water partition coefficient (Wildman–Crippen LogP) is 0.130. The molecule has 4 N–H and O–H groups in total. The highest BCUT2D eigenvalue weighted by atomic mass is 16.4. The van der Waals surface area contributed by atoms with E-state index in [0.29, 0.717) is 0 Å². The first kappa shape index (κ1) is 20.2. The van der Waals surface area contributed by atoms with Crippen LogP contribution in [0.5, 0.6) is 0 Å². The summed E-state index contributed by atoms with van der Waals surface area (Å²) < 4.78 is 4.91. The number of hydrogen-bond donors (Lipinski definition) is 4. The maximum Gasteiger partial charge on any atom is 0.326 e. The van der Waals surface area contributed by atoms with Crippen molar-refractivity contribution in [3.8, 4) is 0 Å². The smallest absolute Gasteiger partial charge is 0.326 e. The van der Waals surface area contributed by atoms with Crippen molar-refractivity contribution in [2.24, 2.45) is 5.92 Å².